The van der Waals surface area contributed by atoms with Gasteiger partial charge in [0.1, 0.15) is 11.6 Å². The maximum atomic E-state index is 8.35. The number of halogens is 2. The van der Waals surface area contributed by atoms with Crippen molar-refractivity contribution in [1.82, 2.24) is 0 Å². The number of ether oxygens (including phenoxy) is 1. The molecule has 0 unspecified atom stereocenters. The second-order valence-corrected chi connectivity index (χ2v) is 4.79. The Morgan fingerprint density at radius 2 is 2.24 bits per heavy atom. The summed E-state index contributed by atoms with van der Waals surface area (Å²) in [7, 11) is 0. The predicted molar refractivity (Wildman–Crippen MR) is 71.9 cm³/mol. The van der Waals surface area contributed by atoms with Crippen LogP contribution in [0.1, 0.15) is 19.3 Å². The van der Waals surface area contributed by atoms with Gasteiger partial charge >= 0.3 is 0 Å². The zero-order chi connectivity index (χ0) is 12.7. The van der Waals surface area contributed by atoms with Crippen LogP contribution in [0.25, 0.3) is 0 Å². The van der Waals surface area contributed by atoms with Crippen molar-refractivity contribution in [2.75, 3.05) is 6.61 Å². The number of hydrogen-bond donors (Lipinski definition) is 2. The van der Waals surface area contributed by atoms with Crippen LogP contribution in [0.4, 0.5) is 0 Å². The SMILES string of the molecule is NC(CCCCOc1cc(Br)ccc1Cl)=NO. The average Bonchev–Trinajstić information content (AvgIpc) is 2.32. The smallest absolute Gasteiger partial charge is 0.139 e. The number of nitrogens with zero attached hydrogens (tertiary/aromatic N) is 1. The first kappa shape index (κ1) is 14.1. The highest BCUT2D eigenvalue weighted by molar-refractivity contribution is 9.10. The molecule has 0 saturated heterocycles. The Morgan fingerprint density at radius 1 is 1.47 bits per heavy atom. The fraction of sp³-hybridized carbons (Fsp3) is 0.364. The molecule has 0 aromatic heterocycles. The van der Waals surface area contributed by atoms with Gasteiger partial charge in [0.05, 0.1) is 11.6 Å². The monoisotopic (exact) mass is 320 g/mol. The molecule has 0 heterocycles. The molecule has 0 fully saturated rings. The van der Waals surface area contributed by atoms with E-state index in [2.05, 4.69) is 21.1 Å². The molecule has 17 heavy (non-hydrogen) atoms. The second kappa shape index (κ2) is 7.40. The Kier molecular flexibility index (Phi) is 6.15. The second-order valence-electron chi connectivity index (χ2n) is 3.47. The van der Waals surface area contributed by atoms with Gasteiger partial charge in [-0.3, -0.25) is 0 Å². The van der Waals surface area contributed by atoms with Crippen LogP contribution in [-0.4, -0.2) is 17.6 Å². The Morgan fingerprint density at radius 3 is 2.94 bits per heavy atom. The molecule has 0 spiro atoms. The molecular weight excluding hydrogens is 307 g/mol. The fourth-order valence-corrected chi connectivity index (χ4v) is 1.74. The average molecular weight is 322 g/mol. The maximum Gasteiger partial charge on any atom is 0.139 e. The zero-order valence-electron chi connectivity index (χ0n) is 9.20. The van der Waals surface area contributed by atoms with Crippen LogP contribution in [-0.2, 0) is 0 Å². The van der Waals surface area contributed by atoms with Gasteiger partial charge in [-0.15, -0.1) is 0 Å². The third kappa shape index (κ3) is 5.28. The summed E-state index contributed by atoms with van der Waals surface area (Å²) < 4.78 is 6.45. The van der Waals surface area contributed by atoms with E-state index in [0.717, 1.165) is 17.3 Å². The standard InChI is InChI=1S/C11H14BrClN2O2/c12-8-4-5-9(13)10(7-8)17-6-2-1-3-11(14)15-16/h4-5,7,16H,1-3,6H2,(H2,14,15). The van der Waals surface area contributed by atoms with Gasteiger partial charge in [0.2, 0.25) is 0 Å². The molecule has 0 aliphatic heterocycles. The minimum absolute atomic E-state index is 0.241. The van der Waals surface area contributed by atoms with Crippen molar-refractivity contribution >= 4 is 33.4 Å². The van der Waals surface area contributed by atoms with E-state index in [1.807, 2.05) is 12.1 Å². The molecule has 1 aromatic carbocycles. The number of amidine groups is 1. The summed E-state index contributed by atoms with van der Waals surface area (Å²) in [4.78, 5) is 0. The van der Waals surface area contributed by atoms with Crippen LogP contribution in [0.15, 0.2) is 27.8 Å². The minimum atomic E-state index is 0.241. The van der Waals surface area contributed by atoms with E-state index in [0.29, 0.717) is 23.8 Å². The highest BCUT2D eigenvalue weighted by Crippen LogP contribution is 2.27. The van der Waals surface area contributed by atoms with Gasteiger partial charge in [-0.1, -0.05) is 32.7 Å². The molecule has 4 nitrogen and oxygen atoms in total. The Bertz CT molecular complexity index is 399. The summed E-state index contributed by atoms with van der Waals surface area (Å²) in [5.74, 6) is 0.898. The number of hydrogen-bond acceptors (Lipinski definition) is 3. The molecule has 0 radical (unpaired) electrons. The van der Waals surface area contributed by atoms with E-state index >= 15 is 0 Å². The highest BCUT2D eigenvalue weighted by atomic mass is 79.9. The number of benzene rings is 1. The number of oxime groups is 1. The number of rotatable bonds is 6. The largest absolute Gasteiger partial charge is 0.492 e. The van der Waals surface area contributed by atoms with Crippen LogP contribution in [0.5, 0.6) is 5.75 Å². The van der Waals surface area contributed by atoms with Crippen molar-refractivity contribution in [3.05, 3.63) is 27.7 Å². The van der Waals surface area contributed by atoms with Gasteiger partial charge in [-0.05, 0) is 31.0 Å². The first-order valence-corrected chi connectivity index (χ1v) is 6.35. The molecule has 94 valence electrons. The van der Waals surface area contributed by atoms with Crippen molar-refractivity contribution < 1.29 is 9.94 Å². The summed E-state index contributed by atoms with van der Waals surface area (Å²) in [6, 6.07) is 5.46. The van der Waals surface area contributed by atoms with Crippen LogP contribution in [0.2, 0.25) is 5.02 Å². The third-order valence-electron chi connectivity index (χ3n) is 2.11. The Labute approximate surface area is 114 Å². The number of unbranched alkanes of at least 4 members (excludes halogenated alkanes) is 1. The lowest BCUT2D eigenvalue weighted by Crippen LogP contribution is -2.11. The summed E-state index contributed by atoms with van der Waals surface area (Å²) >= 11 is 9.31. The predicted octanol–water partition coefficient (Wildman–Crippen LogP) is 3.40. The van der Waals surface area contributed by atoms with Gasteiger partial charge < -0.3 is 15.7 Å². The lowest BCUT2D eigenvalue weighted by atomic mass is 10.2. The molecule has 3 N–H and O–H groups in total. The van der Waals surface area contributed by atoms with Gasteiger partial charge in [-0.2, -0.15) is 0 Å². The summed E-state index contributed by atoms with van der Waals surface area (Å²) in [5.41, 5.74) is 5.34. The normalized spacial score (nSPS) is 11.5. The quantitative estimate of drug-likeness (QED) is 0.277. The molecule has 6 heteroatoms. The van der Waals surface area contributed by atoms with E-state index in [1.165, 1.54) is 0 Å². The van der Waals surface area contributed by atoms with E-state index in [4.69, 9.17) is 27.3 Å². The topological polar surface area (TPSA) is 67.8 Å². The van der Waals surface area contributed by atoms with E-state index in [-0.39, 0.29) is 5.84 Å². The Hall–Kier alpha value is -0.940. The highest BCUT2D eigenvalue weighted by Gasteiger charge is 2.02. The maximum absolute atomic E-state index is 8.35. The van der Waals surface area contributed by atoms with E-state index in [9.17, 15) is 0 Å². The fourth-order valence-electron chi connectivity index (χ4n) is 1.23. The molecule has 0 atom stereocenters. The first-order chi connectivity index (χ1) is 8.13. The summed E-state index contributed by atoms with van der Waals surface area (Å²) in [6.45, 7) is 0.550. The van der Waals surface area contributed by atoms with Crippen LogP contribution < -0.4 is 10.5 Å². The lowest BCUT2D eigenvalue weighted by Gasteiger charge is -2.08. The molecule has 1 aromatic rings. The van der Waals surface area contributed by atoms with Crippen molar-refractivity contribution in [3.8, 4) is 5.75 Å². The zero-order valence-corrected chi connectivity index (χ0v) is 11.5. The number of nitrogens with two attached hydrogens (primary N) is 1. The molecular formula is C11H14BrClN2O2. The summed E-state index contributed by atoms with van der Waals surface area (Å²) in [6.07, 6.45) is 2.19. The van der Waals surface area contributed by atoms with Crippen LogP contribution >= 0.6 is 27.5 Å². The van der Waals surface area contributed by atoms with Crippen molar-refractivity contribution in [2.24, 2.45) is 10.9 Å². The van der Waals surface area contributed by atoms with Crippen LogP contribution in [0.3, 0.4) is 0 Å². The molecule has 0 bridgehead atoms. The van der Waals surface area contributed by atoms with Crippen LogP contribution in [0, 0.1) is 0 Å². The van der Waals surface area contributed by atoms with Gasteiger partial charge in [0, 0.05) is 10.9 Å². The summed E-state index contributed by atoms with van der Waals surface area (Å²) in [5, 5.41) is 11.8. The van der Waals surface area contributed by atoms with Crippen molar-refractivity contribution in [2.45, 2.75) is 19.3 Å². The molecule has 0 aliphatic rings. The molecule has 0 saturated carbocycles. The van der Waals surface area contributed by atoms with Crippen molar-refractivity contribution in [1.29, 1.82) is 0 Å². The Balaban J connectivity index is 2.29. The minimum Gasteiger partial charge on any atom is -0.492 e. The van der Waals surface area contributed by atoms with Crippen molar-refractivity contribution in [3.63, 3.8) is 0 Å². The third-order valence-corrected chi connectivity index (χ3v) is 2.91. The molecule has 0 aliphatic carbocycles. The van der Waals surface area contributed by atoms with E-state index in [1.54, 1.807) is 6.07 Å². The van der Waals surface area contributed by atoms with Gasteiger partial charge in [-0.25, -0.2) is 0 Å². The van der Waals surface area contributed by atoms with E-state index < -0.39 is 0 Å². The first-order valence-electron chi connectivity index (χ1n) is 5.17. The molecule has 0 amide bonds. The molecule has 1 rings (SSSR count). The lowest BCUT2D eigenvalue weighted by molar-refractivity contribution is 0.304. The van der Waals surface area contributed by atoms with Gasteiger partial charge in [0.25, 0.3) is 0 Å². The van der Waals surface area contributed by atoms with Gasteiger partial charge in [0.15, 0.2) is 0 Å².